The molecule has 3 heterocycles. The topological polar surface area (TPSA) is 132 Å². The van der Waals surface area contributed by atoms with Crippen molar-refractivity contribution in [2.75, 3.05) is 19.6 Å². The molecule has 2 aromatic heterocycles. The fourth-order valence-corrected chi connectivity index (χ4v) is 4.38. The van der Waals surface area contributed by atoms with Gasteiger partial charge >= 0.3 is 5.76 Å². The van der Waals surface area contributed by atoms with Crippen LogP contribution < -0.4 is 5.76 Å². The number of Topliss-reactive ketones (excluding diaryl/α,β-unsaturated/α-hetero) is 1. The zero-order valence-electron chi connectivity index (χ0n) is 18.6. The zero-order chi connectivity index (χ0) is 24.7. The van der Waals surface area contributed by atoms with Crippen molar-refractivity contribution >= 4 is 28.5 Å². The molecule has 2 amide bonds. The molecule has 1 saturated heterocycles. The van der Waals surface area contributed by atoms with E-state index in [-0.39, 0.29) is 47.8 Å². The number of amides is 2. The average Bonchev–Trinajstić information content (AvgIpc) is 3.51. The number of halogens is 1. The largest absolute Gasteiger partial charge is 0.439 e. The third-order valence-corrected chi connectivity index (χ3v) is 6.12. The minimum atomic E-state index is -0.879. The van der Waals surface area contributed by atoms with Crippen LogP contribution in [0.25, 0.3) is 22.3 Å². The van der Waals surface area contributed by atoms with Crippen molar-refractivity contribution in [2.45, 2.75) is 13.0 Å². The molecule has 0 bridgehead atoms. The predicted molar refractivity (Wildman–Crippen MR) is 122 cm³/mol. The van der Waals surface area contributed by atoms with Crippen molar-refractivity contribution in [1.29, 1.82) is 0 Å². The first-order chi connectivity index (χ1) is 16.8. The molecule has 1 aliphatic rings. The molecule has 1 aliphatic heterocycles. The first-order valence-electron chi connectivity index (χ1n) is 10.9. The van der Waals surface area contributed by atoms with E-state index in [1.54, 1.807) is 36.1 Å². The molecule has 1 atom stereocenters. The lowest BCUT2D eigenvalue weighted by atomic mass is 10.0. The lowest BCUT2D eigenvalue weighted by Crippen LogP contribution is -2.56. The van der Waals surface area contributed by atoms with Gasteiger partial charge in [-0.2, -0.15) is 0 Å². The van der Waals surface area contributed by atoms with Gasteiger partial charge in [-0.05, 0) is 31.2 Å². The Kier molecular flexibility index (Phi) is 5.51. The van der Waals surface area contributed by atoms with Gasteiger partial charge in [0.05, 0.1) is 11.1 Å². The highest BCUT2D eigenvalue weighted by Crippen LogP contribution is 2.30. The van der Waals surface area contributed by atoms with Gasteiger partial charge in [0.1, 0.15) is 5.82 Å². The summed E-state index contributed by atoms with van der Waals surface area (Å²) in [7, 11) is 0. The van der Waals surface area contributed by atoms with E-state index in [9.17, 15) is 23.6 Å². The first-order valence-corrected chi connectivity index (χ1v) is 10.9. The van der Waals surface area contributed by atoms with Crippen molar-refractivity contribution in [2.24, 2.45) is 0 Å². The number of ketones is 1. The fraction of sp³-hybridized carbons (Fsp3) is 0.208. The number of aromatic amines is 2. The van der Waals surface area contributed by atoms with Crippen molar-refractivity contribution in [3.63, 3.8) is 0 Å². The van der Waals surface area contributed by atoms with Gasteiger partial charge in [0.2, 0.25) is 0 Å². The predicted octanol–water partition coefficient (Wildman–Crippen LogP) is 2.21. The summed E-state index contributed by atoms with van der Waals surface area (Å²) < 4.78 is 19.3. The second-order valence-corrected chi connectivity index (χ2v) is 8.28. The summed E-state index contributed by atoms with van der Waals surface area (Å²) in [4.78, 5) is 58.6. The first kappa shape index (κ1) is 22.3. The second kappa shape index (κ2) is 8.67. The summed E-state index contributed by atoms with van der Waals surface area (Å²) >= 11 is 0. The third-order valence-electron chi connectivity index (χ3n) is 6.12. The Morgan fingerprint density at radius 2 is 1.89 bits per heavy atom. The van der Waals surface area contributed by atoms with E-state index < -0.39 is 29.3 Å². The van der Waals surface area contributed by atoms with Crippen LogP contribution in [0, 0.1) is 5.82 Å². The molecule has 0 aliphatic carbocycles. The normalized spacial score (nSPS) is 16.0. The van der Waals surface area contributed by atoms with Gasteiger partial charge in [-0.15, -0.1) is 0 Å². The SMILES string of the molecule is CC1CN(C(=O)c2ccccc2)CCN1C(=O)C(=O)c1c[nH]c2c(-c3noc(=O)[nH]3)ccc(F)c12. The molecule has 10 nitrogen and oxygen atoms in total. The van der Waals surface area contributed by atoms with Gasteiger partial charge < -0.3 is 14.8 Å². The number of carbonyl (C=O) groups excluding carboxylic acids is 3. The number of rotatable bonds is 4. The van der Waals surface area contributed by atoms with E-state index in [4.69, 9.17) is 0 Å². The quantitative estimate of drug-likeness (QED) is 0.342. The van der Waals surface area contributed by atoms with Crippen LogP contribution in [0.3, 0.4) is 0 Å². The highest BCUT2D eigenvalue weighted by Gasteiger charge is 2.34. The average molecular weight is 477 g/mol. The molecule has 1 unspecified atom stereocenters. The summed E-state index contributed by atoms with van der Waals surface area (Å²) in [5, 5.41) is 3.52. The van der Waals surface area contributed by atoms with Crippen LogP contribution >= 0.6 is 0 Å². The lowest BCUT2D eigenvalue weighted by molar-refractivity contribution is -0.130. The number of nitrogens with one attached hydrogen (secondary N) is 2. The summed E-state index contributed by atoms with van der Waals surface area (Å²) in [6.07, 6.45) is 1.26. The fourth-order valence-electron chi connectivity index (χ4n) is 4.38. The molecule has 2 aromatic carbocycles. The zero-order valence-corrected chi connectivity index (χ0v) is 18.6. The molecule has 35 heavy (non-hydrogen) atoms. The van der Waals surface area contributed by atoms with E-state index in [1.807, 2.05) is 6.07 Å². The molecule has 0 spiro atoms. The van der Waals surface area contributed by atoms with Crippen LogP contribution in [0.15, 0.2) is 58.0 Å². The Hall–Kier alpha value is -4.54. The Balaban J connectivity index is 1.38. The number of nitrogens with zero attached hydrogens (tertiary/aromatic N) is 3. The van der Waals surface area contributed by atoms with Gasteiger partial charge in [-0.3, -0.25) is 23.9 Å². The monoisotopic (exact) mass is 477 g/mol. The van der Waals surface area contributed by atoms with E-state index in [0.29, 0.717) is 11.1 Å². The number of fused-ring (bicyclic) bond motifs is 1. The number of hydrogen-bond acceptors (Lipinski definition) is 6. The van der Waals surface area contributed by atoms with Gasteiger partial charge in [-0.25, -0.2) is 9.18 Å². The van der Waals surface area contributed by atoms with E-state index in [0.717, 1.165) is 6.07 Å². The van der Waals surface area contributed by atoms with Crippen molar-refractivity contribution in [1.82, 2.24) is 24.9 Å². The number of carbonyl (C=O) groups is 3. The number of aromatic nitrogens is 3. The maximum atomic E-state index is 14.8. The van der Waals surface area contributed by atoms with E-state index in [2.05, 4.69) is 19.6 Å². The van der Waals surface area contributed by atoms with E-state index >= 15 is 0 Å². The molecule has 11 heteroatoms. The van der Waals surface area contributed by atoms with Crippen LogP contribution in [0.2, 0.25) is 0 Å². The Labute approximate surface area is 197 Å². The molecule has 2 N–H and O–H groups in total. The second-order valence-electron chi connectivity index (χ2n) is 8.28. The van der Waals surface area contributed by atoms with E-state index in [1.165, 1.54) is 17.2 Å². The van der Waals surface area contributed by atoms with Crippen molar-refractivity contribution < 1.29 is 23.3 Å². The minimum Gasteiger partial charge on any atom is -0.360 e. The molecular weight excluding hydrogens is 457 g/mol. The molecule has 1 fully saturated rings. The number of H-pyrrole nitrogens is 2. The van der Waals surface area contributed by atoms with Crippen LogP contribution in [0.5, 0.6) is 0 Å². The number of piperazine rings is 1. The van der Waals surface area contributed by atoms with Crippen LogP contribution in [-0.2, 0) is 4.79 Å². The standard InChI is InChI=1S/C24H20FN5O5/c1-13-12-29(22(32)14-5-3-2-4-6-14)9-10-30(13)23(33)20(31)16-11-26-19-15(7-8-17(25)18(16)19)21-27-24(34)35-28-21/h2-8,11,13,26H,9-10,12H2,1H3,(H,27,28,34). The van der Waals surface area contributed by atoms with Gasteiger partial charge in [0.15, 0.2) is 5.82 Å². The number of benzene rings is 2. The Morgan fingerprint density at radius 1 is 1.11 bits per heavy atom. The maximum absolute atomic E-state index is 14.8. The smallest absolute Gasteiger partial charge is 0.360 e. The summed E-state index contributed by atoms with van der Waals surface area (Å²) in [6, 6.07) is 10.9. The molecule has 178 valence electrons. The van der Waals surface area contributed by atoms with Crippen LogP contribution in [0.1, 0.15) is 27.6 Å². The molecule has 0 saturated carbocycles. The maximum Gasteiger partial charge on any atom is 0.439 e. The van der Waals surface area contributed by atoms with Crippen molar-refractivity contribution in [3.8, 4) is 11.4 Å². The highest BCUT2D eigenvalue weighted by atomic mass is 19.1. The summed E-state index contributed by atoms with van der Waals surface area (Å²) in [5.41, 5.74) is 0.913. The molecule has 4 aromatic rings. The van der Waals surface area contributed by atoms with Gasteiger partial charge in [0, 0.05) is 48.4 Å². The Morgan fingerprint density at radius 3 is 2.57 bits per heavy atom. The van der Waals surface area contributed by atoms with Gasteiger partial charge in [-0.1, -0.05) is 23.4 Å². The molecular formula is C24H20FN5O5. The molecule has 0 radical (unpaired) electrons. The number of hydrogen-bond donors (Lipinski definition) is 2. The molecule has 5 rings (SSSR count). The van der Waals surface area contributed by atoms with Crippen LogP contribution in [0.4, 0.5) is 4.39 Å². The third kappa shape index (κ3) is 3.90. The lowest BCUT2D eigenvalue weighted by Gasteiger charge is -2.39. The summed E-state index contributed by atoms with van der Waals surface area (Å²) in [5.74, 6) is -3.25. The van der Waals surface area contributed by atoms with Gasteiger partial charge in [0.25, 0.3) is 17.6 Å². The van der Waals surface area contributed by atoms with Crippen molar-refractivity contribution in [3.05, 3.63) is 76.2 Å². The summed E-state index contributed by atoms with van der Waals surface area (Å²) in [6.45, 7) is 2.45. The minimum absolute atomic E-state index is 0.0556. The Bertz CT molecular complexity index is 1510. The van der Waals surface area contributed by atoms with Crippen LogP contribution in [-0.4, -0.2) is 68.2 Å². The highest BCUT2D eigenvalue weighted by molar-refractivity contribution is 6.45.